The van der Waals surface area contributed by atoms with E-state index in [9.17, 15) is 0 Å². The van der Waals surface area contributed by atoms with Crippen LogP contribution in [0.4, 0.5) is 0 Å². The van der Waals surface area contributed by atoms with Crippen LogP contribution in [0.25, 0.3) is 0 Å². The predicted octanol–water partition coefficient (Wildman–Crippen LogP) is 3.50. The van der Waals surface area contributed by atoms with Crippen molar-refractivity contribution in [2.75, 3.05) is 5.75 Å². The van der Waals surface area contributed by atoms with Crippen LogP contribution in [0.5, 0.6) is 0 Å². The van der Waals surface area contributed by atoms with E-state index in [0.717, 1.165) is 25.1 Å². The van der Waals surface area contributed by atoms with Crippen LogP contribution in [-0.2, 0) is 19.4 Å². The first-order valence-corrected chi connectivity index (χ1v) is 7.53. The molecule has 0 aliphatic heterocycles. The summed E-state index contributed by atoms with van der Waals surface area (Å²) in [5, 5.41) is 4.74. The van der Waals surface area contributed by atoms with Gasteiger partial charge in [0, 0.05) is 12.2 Å². The van der Waals surface area contributed by atoms with Gasteiger partial charge in [-0.15, -0.1) is 0 Å². The molecule has 0 aromatic carbocycles. The molecule has 1 aromatic rings. The molecule has 0 amide bonds. The number of hydrogen-bond donors (Lipinski definition) is 1. The molecule has 3 heteroatoms. The van der Waals surface area contributed by atoms with Gasteiger partial charge < -0.3 is 0 Å². The van der Waals surface area contributed by atoms with Gasteiger partial charge in [-0.3, -0.25) is 4.68 Å². The first-order chi connectivity index (χ1) is 8.23. The molecule has 0 radical (unpaired) electrons. The van der Waals surface area contributed by atoms with Gasteiger partial charge in [0.05, 0.1) is 5.69 Å². The molecule has 1 fully saturated rings. The molecule has 0 saturated heterocycles. The number of nitrogens with zero attached hydrogens (tertiary/aromatic N) is 2. The Balaban J connectivity index is 2.18. The van der Waals surface area contributed by atoms with E-state index in [1.165, 1.54) is 37.1 Å². The summed E-state index contributed by atoms with van der Waals surface area (Å²) in [7, 11) is 0. The number of aryl methyl sites for hydroxylation is 2. The van der Waals surface area contributed by atoms with Gasteiger partial charge in [-0.25, -0.2) is 0 Å². The lowest BCUT2D eigenvalue weighted by molar-refractivity contribution is 0.272. The van der Waals surface area contributed by atoms with Gasteiger partial charge in [-0.05, 0) is 42.9 Å². The quantitative estimate of drug-likeness (QED) is 0.794. The average Bonchev–Trinajstić information content (AvgIpc) is 2.97. The van der Waals surface area contributed by atoms with Crippen LogP contribution >= 0.6 is 12.6 Å². The molecule has 96 valence electrons. The Morgan fingerprint density at radius 3 is 2.53 bits per heavy atom. The van der Waals surface area contributed by atoms with E-state index in [1.807, 2.05) is 0 Å². The van der Waals surface area contributed by atoms with Crippen molar-refractivity contribution < 1.29 is 0 Å². The lowest BCUT2D eigenvalue weighted by Gasteiger charge is -2.27. The van der Waals surface area contributed by atoms with E-state index in [4.69, 9.17) is 5.10 Å². The molecular weight excluding hydrogens is 228 g/mol. The molecule has 2 nitrogen and oxygen atoms in total. The minimum atomic E-state index is 0.407. The van der Waals surface area contributed by atoms with Crippen LogP contribution in [0.1, 0.15) is 50.9 Å². The molecular formula is C14H24N2S. The molecule has 0 N–H and O–H groups in total. The van der Waals surface area contributed by atoms with Crippen molar-refractivity contribution in [3.05, 3.63) is 17.5 Å². The fraction of sp³-hybridized carbons (Fsp3) is 0.786. The summed E-state index contributed by atoms with van der Waals surface area (Å²) in [5.41, 5.74) is 3.02. The van der Waals surface area contributed by atoms with Crippen molar-refractivity contribution >= 4 is 12.6 Å². The number of aromatic nitrogens is 2. The minimum Gasteiger partial charge on any atom is -0.269 e. The van der Waals surface area contributed by atoms with Gasteiger partial charge in [-0.1, -0.05) is 26.7 Å². The maximum atomic E-state index is 4.74. The molecule has 1 aliphatic rings. The van der Waals surface area contributed by atoms with E-state index in [-0.39, 0.29) is 0 Å². The van der Waals surface area contributed by atoms with Crippen molar-refractivity contribution in [1.82, 2.24) is 9.78 Å². The van der Waals surface area contributed by atoms with E-state index in [1.54, 1.807) is 0 Å². The fourth-order valence-electron chi connectivity index (χ4n) is 2.92. The molecule has 0 spiro atoms. The highest BCUT2D eigenvalue weighted by Crippen LogP contribution is 2.40. The Hall–Kier alpha value is -0.440. The zero-order valence-electron chi connectivity index (χ0n) is 11.1. The fourth-order valence-corrected chi connectivity index (χ4v) is 3.33. The van der Waals surface area contributed by atoms with Gasteiger partial charge in [0.15, 0.2) is 0 Å². The maximum absolute atomic E-state index is 4.74. The molecule has 0 bridgehead atoms. The summed E-state index contributed by atoms with van der Waals surface area (Å²) in [6.07, 6.45) is 7.49. The molecule has 1 saturated carbocycles. The predicted molar refractivity (Wildman–Crippen MR) is 75.7 cm³/mol. The lowest BCUT2D eigenvalue weighted by Crippen LogP contribution is -2.27. The molecule has 1 aliphatic carbocycles. The van der Waals surface area contributed by atoms with Crippen LogP contribution in [-0.4, -0.2) is 15.5 Å². The van der Waals surface area contributed by atoms with Gasteiger partial charge in [0.1, 0.15) is 0 Å². The third kappa shape index (κ3) is 2.70. The van der Waals surface area contributed by atoms with Crippen molar-refractivity contribution in [2.45, 2.75) is 58.9 Å². The standard InChI is InChI=1S/C14H24N2S/c1-3-12-9-13(4-2)16(15-12)10-14(11-17)7-5-6-8-14/h9,17H,3-8,10-11H2,1-2H3. The molecule has 1 heterocycles. The van der Waals surface area contributed by atoms with Crippen LogP contribution < -0.4 is 0 Å². The van der Waals surface area contributed by atoms with E-state index < -0.39 is 0 Å². The second-order valence-electron chi connectivity index (χ2n) is 5.36. The monoisotopic (exact) mass is 252 g/mol. The highest BCUT2D eigenvalue weighted by atomic mass is 32.1. The Labute approximate surface area is 110 Å². The largest absolute Gasteiger partial charge is 0.269 e. The lowest BCUT2D eigenvalue weighted by atomic mass is 9.88. The molecule has 2 rings (SSSR count). The van der Waals surface area contributed by atoms with E-state index >= 15 is 0 Å². The third-order valence-corrected chi connectivity index (χ3v) is 4.79. The number of hydrogen-bond acceptors (Lipinski definition) is 2. The molecule has 0 atom stereocenters. The zero-order chi connectivity index (χ0) is 12.3. The van der Waals surface area contributed by atoms with Crippen LogP contribution in [0.15, 0.2) is 6.07 Å². The topological polar surface area (TPSA) is 17.8 Å². The summed E-state index contributed by atoms with van der Waals surface area (Å²) in [4.78, 5) is 0. The number of rotatable bonds is 5. The second kappa shape index (κ2) is 5.47. The molecule has 17 heavy (non-hydrogen) atoms. The smallest absolute Gasteiger partial charge is 0.0624 e. The van der Waals surface area contributed by atoms with Gasteiger partial charge in [-0.2, -0.15) is 17.7 Å². The number of thiol groups is 1. The Morgan fingerprint density at radius 1 is 1.29 bits per heavy atom. The van der Waals surface area contributed by atoms with Gasteiger partial charge >= 0.3 is 0 Å². The van der Waals surface area contributed by atoms with E-state index in [2.05, 4.69) is 37.2 Å². The van der Waals surface area contributed by atoms with E-state index in [0.29, 0.717) is 5.41 Å². The van der Waals surface area contributed by atoms with Crippen molar-refractivity contribution in [3.63, 3.8) is 0 Å². The van der Waals surface area contributed by atoms with Crippen molar-refractivity contribution in [2.24, 2.45) is 5.41 Å². The minimum absolute atomic E-state index is 0.407. The van der Waals surface area contributed by atoms with Crippen molar-refractivity contribution in [1.29, 1.82) is 0 Å². The molecule has 0 unspecified atom stereocenters. The van der Waals surface area contributed by atoms with Gasteiger partial charge in [0.2, 0.25) is 0 Å². The maximum Gasteiger partial charge on any atom is 0.0624 e. The summed E-state index contributed by atoms with van der Waals surface area (Å²) < 4.78 is 2.25. The average molecular weight is 252 g/mol. The zero-order valence-corrected chi connectivity index (χ0v) is 12.0. The normalized spacial score (nSPS) is 18.8. The Morgan fingerprint density at radius 2 is 2.00 bits per heavy atom. The summed E-state index contributed by atoms with van der Waals surface area (Å²) >= 11 is 4.58. The van der Waals surface area contributed by atoms with Crippen molar-refractivity contribution in [3.8, 4) is 0 Å². The third-order valence-electron chi connectivity index (χ3n) is 4.12. The summed E-state index contributed by atoms with van der Waals surface area (Å²) in [5.74, 6) is 0.997. The SMILES string of the molecule is CCc1cc(CC)n(CC2(CS)CCCC2)n1. The Bertz CT molecular complexity index is 364. The first kappa shape index (κ1) is 13.0. The summed E-state index contributed by atoms with van der Waals surface area (Å²) in [6.45, 7) is 5.46. The highest BCUT2D eigenvalue weighted by molar-refractivity contribution is 7.80. The molecule has 1 aromatic heterocycles. The van der Waals surface area contributed by atoms with Gasteiger partial charge in [0.25, 0.3) is 0 Å². The summed E-state index contributed by atoms with van der Waals surface area (Å²) in [6, 6.07) is 2.27. The second-order valence-corrected chi connectivity index (χ2v) is 5.67. The van der Waals surface area contributed by atoms with Crippen LogP contribution in [0.3, 0.4) is 0 Å². The first-order valence-electron chi connectivity index (χ1n) is 6.89. The van der Waals surface area contributed by atoms with Crippen LogP contribution in [0, 0.1) is 5.41 Å². The Kier molecular flexibility index (Phi) is 4.18. The highest BCUT2D eigenvalue weighted by Gasteiger charge is 2.33. The van der Waals surface area contributed by atoms with Crippen LogP contribution in [0.2, 0.25) is 0 Å².